The van der Waals surface area contributed by atoms with E-state index in [1.165, 1.54) is 12.1 Å². The van der Waals surface area contributed by atoms with Gasteiger partial charge in [0.1, 0.15) is 11.9 Å². The van der Waals surface area contributed by atoms with Gasteiger partial charge in [-0.05, 0) is 30.7 Å². The Kier molecular flexibility index (Phi) is 5.51. The molecule has 0 aromatic heterocycles. The number of carbonyl (C=O) groups is 1. The molecule has 2 rings (SSSR count). The molecule has 6 heteroatoms. The van der Waals surface area contributed by atoms with Gasteiger partial charge in [0.15, 0.2) is 0 Å². The number of nitrogens with zero attached hydrogens (tertiary/aromatic N) is 1. The first-order valence-corrected chi connectivity index (χ1v) is 7.46. The number of esters is 1. The summed E-state index contributed by atoms with van der Waals surface area (Å²) in [5.41, 5.74) is 0.841. The van der Waals surface area contributed by atoms with Gasteiger partial charge in [-0.15, -0.1) is 0 Å². The lowest BCUT2D eigenvalue weighted by molar-refractivity contribution is -0.150. The lowest BCUT2D eigenvalue weighted by Crippen LogP contribution is -2.54. The monoisotopic (exact) mass is 344 g/mol. The molecule has 1 aliphatic heterocycles. The molecule has 4 nitrogen and oxygen atoms in total. The van der Waals surface area contributed by atoms with E-state index < -0.39 is 0 Å². The summed E-state index contributed by atoms with van der Waals surface area (Å²) in [5.74, 6) is -0.507. The molecule has 110 valence electrons. The molecule has 1 aromatic rings. The van der Waals surface area contributed by atoms with Gasteiger partial charge in [-0.3, -0.25) is 9.69 Å². The van der Waals surface area contributed by atoms with Crippen molar-refractivity contribution < 1.29 is 13.9 Å². The number of carbonyl (C=O) groups excluding carboxylic acids is 1. The average Bonchev–Trinajstić information content (AvgIpc) is 2.38. The molecule has 0 amide bonds. The SMILES string of the molecule is CCOC(=O)C1CNCCN1Cc1cc(F)cc(Br)c1. The largest absolute Gasteiger partial charge is 0.465 e. The van der Waals surface area contributed by atoms with Crippen molar-refractivity contribution in [3.63, 3.8) is 0 Å². The van der Waals surface area contributed by atoms with E-state index in [4.69, 9.17) is 4.74 Å². The number of halogens is 2. The highest BCUT2D eigenvalue weighted by molar-refractivity contribution is 9.10. The molecule has 20 heavy (non-hydrogen) atoms. The van der Waals surface area contributed by atoms with Gasteiger partial charge in [0, 0.05) is 30.7 Å². The zero-order chi connectivity index (χ0) is 14.5. The van der Waals surface area contributed by atoms with Crippen molar-refractivity contribution in [2.24, 2.45) is 0 Å². The van der Waals surface area contributed by atoms with Crippen LogP contribution < -0.4 is 5.32 Å². The standard InChI is InChI=1S/C14H18BrFN2O2/c1-2-20-14(19)13-8-17-3-4-18(13)9-10-5-11(15)7-12(16)6-10/h5-7,13,17H,2-4,8-9H2,1H3. The Balaban J connectivity index is 2.10. The van der Waals surface area contributed by atoms with Gasteiger partial charge < -0.3 is 10.1 Å². The third-order valence-corrected chi connectivity index (χ3v) is 3.68. The van der Waals surface area contributed by atoms with Crippen molar-refractivity contribution in [1.29, 1.82) is 0 Å². The van der Waals surface area contributed by atoms with E-state index in [1.807, 2.05) is 11.0 Å². The Morgan fingerprint density at radius 1 is 1.55 bits per heavy atom. The van der Waals surface area contributed by atoms with E-state index in [-0.39, 0.29) is 17.8 Å². The van der Waals surface area contributed by atoms with Gasteiger partial charge in [0.2, 0.25) is 0 Å². The maximum absolute atomic E-state index is 13.4. The first-order valence-electron chi connectivity index (χ1n) is 6.66. The third kappa shape index (κ3) is 4.01. The quantitative estimate of drug-likeness (QED) is 0.847. The molecule has 1 saturated heterocycles. The number of piperazine rings is 1. The molecule has 1 fully saturated rings. The number of ether oxygens (including phenoxy) is 1. The summed E-state index contributed by atoms with van der Waals surface area (Å²) in [6.07, 6.45) is 0. The minimum absolute atomic E-state index is 0.227. The first-order chi connectivity index (χ1) is 9.60. The Labute approximate surface area is 126 Å². The van der Waals surface area contributed by atoms with Gasteiger partial charge in [-0.25, -0.2) is 4.39 Å². The van der Waals surface area contributed by atoms with E-state index in [0.717, 1.165) is 18.7 Å². The number of hydrogen-bond donors (Lipinski definition) is 1. The van der Waals surface area contributed by atoms with E-state index in [2.05, 4.69) is 21.2 Å². The second-order valence-electron chi connectivity index (χ2n) is 4.72. The number of rotatable bonds is 4. The van der Waals surface area contributed by atoms with E-state index >= 15 is 0 Å². The molecular weight excluding hydrogens is 327 g/mol. The fraction of sp³-hybridized carbons (Fsp3) is 0.500. The van der Waals surface area contributed by atoms with Crippen LogP contribution in [0.15, 0.2) is 22.7 Å². The van der Waals surface area contributed by atoms with Crippen molar-refractivity contribution in [2.45, 2.75) is 19.5 Å². The molecule has 1 atom stereocenters. The van der Waals surface area contributed by atoms with Gasteiger partial charge in [0.05, 0.1) is 6.61 Å². The highest BCUT2D eigenvalue weighted by atomic mass is 79.9. The average molecular weight is 345 g/mol. The molecule has 0 spiro atoms. The Morgan fingerprint density at radius 2 is 2.35 bits per heavy atom. The summed E-state index contributed by atoms with van der Waals surface area (Å²) < 4.78 is 19.2. The van der Waals surface area contributed by atoms with Crippen LogP contribution in [0.3, 0.4) is 0 Å². The van der Waals surface area contributed by atoms with Crippen molar-refractivity contribution >= 4 is 21.9 Å². The van der Waals surface area contributed by atoms with Crippen LogP contribution in [0.1, 0.15) is 12.5 Å². The van der Waals surface area contributed by atoms with Crippen LogP contribution in [0.2, 0.25) is 0 Å². The summed E-state index contributed by atoms with van der Waals surface area (Å²) in [6, 6.07) is 4.47. The molecule has 1 heterocycles. The topological polar surface area (TPSA) is 41.6 Å². The molecule has 0 bridgehead atoms. The van der Waals surface area contributed by atoms with Crippen LogP contribution in [-0.4, -0.2) is 43.2 Å². The second-order valence-corrected chi connectivity index (χ2v) is 5.64. The predicted molar refractivity (Wildman–Crippen MR) is 77.8 cm³/mol. The van der Waals surface area contributed by atoms with Crippen LogP contribution in [-0.2, 0) is 16.1 Å². The zero-order valence-corrected chi connectivity index (χ0v) is 13.0. The van der Waals surface area contributed by atoms with Crippen molar-refractivity contribution in [1.82, 2.24) is 10.2 Å². The highest BCUT2D eigenvalue weighted by Crippen LogP contribution is 2.18. The predicted octanol–water partition coefficient (Wildman–Crippen LogP) is 1.93. The summed E-state index contributed by atoms with van der Waals surface area (Å²) in [4.78, 5) is 14.0. The molecular formula is C14H18BrFN2O2. The van der Waals surface area contributed by atoms with E-state index in [1.54, 1.807) is 6.92 Å². The second kappa shape index (κ2) is 7.15. The van der Waals surface area contributed by atoms with Crippen molar-refractivity contribution in [2.75, 3.05) is 26.2 Å². The van der Waals surface area contributed by atoms with Crippen molar-refractivity contribution in [3.05, 3.63) is 34.1 Å². The van der Waals surface area contributed by atoms with Crippen LogP contribution in [0.4, 0.5) is 4.39 Å². The fourth-order valence-corrected chi connectivity index (χ4v) is 2.86. The number of benzene rings is 1. The Bertz CT molecular complexity index is 464. The van der Waals surface area contributed by atoms with Crippen LogP contribution in [0.5, 0.6) is 0 Å². The minimum atomic E-state index is -0.314. The number of nitrogens with one attached hydrogen (secondary N) is 1. The van der Waals surface area contributed by atoms with Crippen LogP contribution >= 0.6 is 15.9 Å². The molecule has 0 aliphatic carbocycles. The molecule has 0 radical (unpaired) electrons. The summed E-state index contributed by atoms with van der Waals surface area (Å²) in [6.45, 7) is 4.80. The van der Waals surface area contributed by atoms with E-state index in [9.17, 15) is 9.18 Å². The van der Waals surface area contributed by atoms with Crippen LogP contribution in [0.25, 0.3) is 0 Å². The molecule has 1 N–H and O–H groups in total. The molecule has 1 aromatic carbocycles. The molecule has 0 saturated carbocycles. The Hall–Kier alpha value is -0.980. The zero-order valence-electron chi connectivity index (χ0n) is 11.4. The fourth-order valence-electron chi connectivity index (χ4n) is 2.34. The smallest absolute Gasteiger partial charge is 0.324 e. The number of hydrogen-bond acceptors (Lipinski definition) is 4. The normalized spacial score (nSPS) is 19.9. The van der Waals surface area contributed by atoms with Gasteiger partial charge in [0.25, 0.3) is 0 Å². The summed E-state index contributed by atoms with van der Waals surface area (Å²) in [7, 11) is 0. The van der Waals surface area contributed by atoms with Gasteiger partial charge >= 0.3 is 5.97 Å². The minimum Gasteiger partial charge on any atom is -0.465 e. The first kappa shape index (κ1) is 15.4. The van der Waals surface area contributed by atoms with Crippen molar-refractivity contribution in [3.8, 4) is 0 Å². The van der Waals surface area contributed by atoms with Crippen LogP contribution in [0, 0.1) is 5.82 Å². The summed E-state index contributed by atoms with van der Waals surface area (Å²) >= 11 is 3.28. The Morgan fingerprint density at radius 3 is 3.05 bits per heavy atom. The lowest BCUT2D eigenvalue weighted by Gasteiger charge is -2.34. The molecule has 1 unspecified atom stereocenters. The van der Waals surface area contributed by atoms with Gasteiger partial charge in [-0.2, -0.15) is 0 Å². The molecule has 1 aliphatic rings. The van der Waals surface area contributed by atoms with Gasteiger partial charge in [-0.1, -0.05) is 15.9 Å². The maximum Gasteiger partial charge on any atom is 0.324 e. The van der Waals surface area contributed by atoms with E-state index in [0.29, 0.717) is 24.2 Å². The highest BCUT2D eigenvalue weighted by Gasteiger charge is 2.29. The third-order valence-electron chi connectivity index (χ3n) is 3.22. The maximum atomic E-state index is 13.4. The lowest BCUT2D eigenvalue weighted by atomic mass is 10.1. The summed E-state index contributed by atoms with van der Waals surface area (Å²) in [5, 5.41) is 3.19.